The number of thiophene rings is 1. The van der Waals surface area contributed by atoms with Crippen LogP contribution in [0.2, 0.25) is 0 Å². The predicted octanol–water partition coefficient (Wildman–Crippen LogP) is 4.20. The molecule has 1 aliphatic rings. The van der Waals surface area contributed by atoms with Crippen LogP contribution >= 0.6 is 11.3 Å². The van der Waals surface area contributed by atoms with Crippen molar-refractivity contribution in [1.82, 2.24) is 19.5 Å². The summed E-state index contributed by atoms with van der Waals surface area (Å²) >= 11 is 0.606. The molecule has 0 bridgehead atoms. The number of rotatable bonds is 4. The van der Waals surface area contributed by atoms with Crippen LogP contribution in [0.3, 0.4) is 0 Å². The Kier molecular flexibility index (Phi) is 5.04. The number of halogens is 3. The van der Waals surface area contributed by atoms with E-state index >= 15 is 0 Å². The third-order valence-corrected chi connectivity index (χ3v) is 6.33. The van der Waals surface area contributed by atoms with Crippen molar-refractivity contribution < 1.29 is 17.6 Å². The first kappa shape index (κ1) is 20.4. The van der Waals surface area contributed by atoms with Gasteiger partial charge in [-0.05, 0) is 41.8 Å². The predicted molar refractivity (Wildman–Crippen MR) is 114 cm³/mol. The molecule has 0 saturated heterocycles. The van der Waals surface area contributed by atoms with Crippen LogP contribution in [0.25, 0.3) is 16.7 Å². The molecule has 0 spiro atoms. The number of oxazole rings is 1. The zero-order valence-electron chi connectivity index (χ0n) is 16.5. The van der Waals surface area contributed by atoms with Gasteiger partial charge in [0.25, 0.3) is 0 Å². The molecule has 3 aromatic heterocycles. The average molecular weight is 459 g/mol. The van der Waals surface area contributed by atoms with Gasteiger partial charge in [0.15, 0.2) is 12.0 Å². The Morgan fingerprint density at radius 2 is 2.03 bits per heavy atom. The van der Waals surface area contributed by atoms with Crippen molar-refractivity contribution in [3.8, 4) is 0 Å². The number of aromatic nitrogens is 4. The summed E-state index contributed by atoms with van der Waals surface area (Å²) in [6.07, 6.45) is 1.15. The van der Waals surface area contributed by atoms with E-state index in [1.54, 1.807) is 0 Å². The van der Waals surface area contributed by atoms with Gasteiger partial charge in [-0.25, -0.2) is 14.8 Å². The van der Waals surface area contributed by atoms with Crippen molar-refractivity contribution in [3.63, 3.8) is 0 Å². The first-order valence-corrected chi connectivity index (χ1v) is 10.6. The minimum atomic E-state index is -4.39. The van der Waals surface area contributed by atoms with E-state index in [9.17, 15) is 18.0 Å². The molecule has 7 nitrogen and oxygen atoms in total. The molecule has 1 aromatic carbocycles. The standard InChI is InChI=1S/C21H16F3N5O2S/c22-21(23,24)18-4-2-15(32-18)10-29-11-25-19(27-20(29)30)28-7-5-13(6-8-28)14-1-3-17-16(9-14)26-12-31-17/h1-5,9,11-12H,6-8,10H2. The smallest absolute Gasteiger partial charge is 0.425 e. The summed E-state index contributed by atoms with van der Waals surface area (Å²) in [5.41, 5.74) is 3.21. The molecule has 5 rings (SSSR count). The van der Waals surface area contributed by atoms with E-state index < -0.39 is 16.7 Å². The second-order valence-electron chi connectivity index (χ2n) is 7.29. The number of nitrogens with zero attached hydrogens (tertiary/aromatic N) is 5. The molecule has 0 fully saturated rings. The van der Waals surface area contributed by atoms with E-state index in [2.05, 4.69) is 21.0 Å². The first-order valence-electron chi connectivity index (χ1n) is 9.74. The van der Waals surface area contributed by atoms with Crippen molar-refractivity contribution >= 4 is 34.0 Å². The van der Waals surface area contributed by atoms with E-state index in [-0.39, 0.29) is 6.54 Å². The molecule has 0 atom stereocenters. The molecule has 0 amide bonds. The third kappa shape index (κ3) is 4.03. The van der Waals surface area contributed by atoms with Gasteiger partial charge in [0.2, 0.25) is 5.95 Å². The number of anilines is 1. The van der Waals surface area contributed by atoms with E-state index in [1.807, 2.05) is 23.1 Å². The highest BCUT2D eigenvalue weighted by molar-refractivity contribution is 7.12. The zero-order chi connectivity index (χ0) is 22.3. The van der Waals surface area contributed by atoms with Gasteiger partial charge in [-0.2, -0.15) is 18.2 Å². The maximum atomic E-state index is 12.8. The summed E-state index contributed by atoms with van der Waals surface area (Å²) in [5.74, 6) is 0.302. The molecule has 0 unspecified atom stereocenters. The van der Waals surface area contributed by atoms with Crippen molar-refractivity contribution in [2.24, 2.45) is 0 Å². The van der Waals surface area contributed by atoms with Gasteiger partial charge in [0.1, 0.15) is 16.7 Å². The van der Waals surface area contributed by atoms with Gasteiger partial charge < -0.3 is 9.32 Å². The van der Waals surface area contributed by atoms with Crippen LogP contribution in [0.4, 0.5) is 19.1 Å². The number of hydrogen-bond acceptors (Lipinski definition) is 7. The van der Waals surface area contributed by atoms with Crippen molar-refractivity contribution in [3.05, 3.63) is 74.9 Å². The number of benzene rings is 1. The summed E-state index contributed by atoms with van der Waals surface area (Å²) in [5, 5.41) is 0. The van der Waals surface area contributed by atoms with Gasteiger partial charge in [0.05, 0.1) is 6.54 Å². The Bertz CT molecular complexity index is 1370. The number of alkyl halides is 3. The molecule has 32 heavy (non-hydrogen) atoms. The van der Waals surface area contributed by atoms with Crippen molar-refractivity contribution in [2.45, 2.75) is 19.1 Å². The van der Waals surface area contributed by atoms with Gasteiger partial charge in [-0.1, -0.05) is 12.1 Å². The zero-order valence-corrected chi connectivity index (χ0v) is 17.4. The third-order valence-electron chi connectivity index (χ3n) is 5.21. The first-order chi connectivity index (χ1) is 15.4. The lowest BCUT2D eigenvalue weighted by Gasteiger charge is -2.26. The monoisotopic (exact) mass is 459 g/mol. The maximum absolute atomic E-state index is 12.8. The lowest BCUT2D eigenvalue weighted by molar-refractivity contribution is -0.134. The fraction of sp³-hybridized carbons (Fsp3) is 0.238. The van der Waals surface area contributed by atoms with Crippen LogP contribution in [0.5, 0.6) is 0 Å². The van der Waals surface area contributed by atoms with Gasteiger partial charge in [-0.3, -0.25) is 4.57 Å². The summed E-state index contributed by atoms with van der Waals surface area (Å²) in [7, 11) is 0. The molecule has 0 aliphatic carbocycles. The fourth-order valence-electron chi connectivity index (χ4n) is 3.56. The van der Waals surface area contributed by atoms with E-state index in [0.29, 0.717) is 35.3 Å². The van der Waals surface area contributed by atoms with Gasteiger partial charge in [-0.15, -0.1) is 11.3 Å². The quantitative estimate of drug-likeness (QED) is 0.455. The largest absolute Gasteiger partial charge is 0.443 e. The molecule has 11 heteroatoms. The Labute approximate surface area is 183 Å². The lowest BCUT2D eigenvalue weighted by Crippen LogP contribution is -2.33. The van der Waals surface area contributed by atoms with Crippen LogP contribution in [0.1, 0.15) is 21.7 Å². The number of hydrogen-bond donors (Lipinski definition) is 0. The van der Waals surface area contributed by atoms with E-state index in [1.165, 1.54) is 23.4 Å². The van der Waals surface area contributed by atoms with Gasteiger partial charge in [0, 0.05) is 18.0 Å². The normalized spacial score (nSPS) is 14.7. The Morgan fingerprint density at radius 3 is 2.75 bits per heavy atom. The molecule has 0 saturated carbocycles. The summed E-state index contributed by atoms with van der Waals surface area (Å²) in [4.78, 5) is 26.5. The highest BCUT2D eigenvalue weighted by atomic mass is 32.1. The fourth-order valence-corrected chi connectivity index (χ4v) is 4.44. The minimum absolute atomic E-state index is 0.00552. The number of fused-ring (bicyclic) bond motifs is 1. The highest BCUT2D eigenvalue weighted by Gasteiger charge is 2.32. The minimum Gasteiger partial charge on any atom is -0.443 e. The van der Waals surface area contributed by atoms with E-state index in [4.69, 9.17) is 4.42 Å². The molecule has 4 heterocycles. The Balaban J connectivity index is 1.29. The molecular weight excluding hydrogens is 443 g/mol. The highest BCUT2D eigenvalue weighted by Crippen LogP contribution is 2.34. The maximum Gasteiger partial charge on any atom is 0.425 e. The molecular formula is C21H16F3N5O2S. The molecule has 164 valence electrons. The van der Waals surface area contributed by atoms with Crippen LogP contribution in [-0.4, -0.2) is 32.6 Å². The Morgan fingerprint density at radius 1 is 1.16 bits per heavy atom. The second-order valence-corrected chi connectivity index (χ2v) is 8.46. The van der Waals surface area contributed by atoms with Crippen molar-refractivity contribution in [1.29, 1.82) is 0 Å². The Hall–Kier alpha value is -3.47. The van der Waals surface area contributed by atoms with Gasteiger partial charge >= 0.3 is 11.9 Å². The van der Waals surface area contributed by atoms with E-state index in [0.717, 1.165) is 34.7 Å². The molecule has 0 N–H and O–H groups in total. The summed E-state index contributed by atoms with van der Waals surface area (Å²) in [6, 6.07) is 8.23. The van der Waals surface area contributed by atoms with Crippen LogP contribution in [0, 0.1) is 0 Å². The van der Waals surface area contributed by atoms with Crippen molar-refractivity contribution in [2.75, 3.05) is 18.0 Å². The van der Waals surface area contributed by atoms with Crippen LogP contribution in [-0.2, 0) is 12.7 Å². The average Bonchev–Trinajstić information content (AvgIpc) is 3.44. The summed E-state index contributed by atoms with van der Waals surface area (Å²) < 4.78 is 44.8. The topological polar surface area (TPSA) is 77.1 Å². The van der Waals surface area contributed by atoms with Crippen LogP contribution in [0.15, 0.2) is 58.3 Å². The molecule has 1 aliphatic heterocycles. The molecule has 4 aromatic rings. The van der Waals surface area contributed by atoms with Crippen LogP contribution < -0.4 is 10.6 Å². The lowest BCUT2D eigenvalue weighted by atomic mass is 9.99. The SMILES string of the molecule is O=c1nc(N2CC=C(c3ccc4ocnc4c3)CC2)ncn1Cc1ccc(C(F)(F)F)s1. The summed E-state index contributed by atoms with van der Waals surface area (Å²) in [6.45, 7) is 1.16. The molecule has 0 radical (unpaired) electrons. The second kappa shape index (κ2) is 7.90.